The molecule has 0 N–H and O–H groups in total. The third-order valence-corrected chi connectivity index (χ3v) is 1.44. The number of hydrogen-bond donors (Lipinski definition) is 0. The predicted octanol–water partition coefficient (Wildman–Crippen LogP) is 1.36. The van der Waals surface area contributed by atoms with Crippen molar-refractivity contribution in [2.24, 2.45) is 0 Å². The van der Waals surface area contributed by atoms with Gasteiger partial charge in [0.2, 0.25) is 0 Å². The highest BCUT2D eigenvalue weighted by atomic mass is 16.6. The molecule has 0 saturated carbocycles. The van der Waals surface area contributed by atoms with E-state index < -0.39 is 0 Å². The fourth-order valence-electron chi connectivity index (χ4n) is 0.756. The van der Waals surface area contributed by atoms with E-state index in [0.29, 0.717) is 6.61 Å². The number of carbonyl (C=O) groups excluding carboxylic acids is 1. The molecule has 0 radical (unpaired) electrons. The van der Waals surface area contributed by atoms with Crippen LogP contribution in [0, 0.1) is 0 Å². The molecule has 0 heterocycles. The molecule has 0 aliphatic rings. The van der Waals surface area contributed by atoms with Crippen LogP contribution >= 0.6 is 0 Å². The highest BCUT2D eigenvalue weighted by molar-refractivity contribution is 5.66. The highest BCUT2D eigenvalue weighted by Gasteiger charge is 2.13. The summed E-state index contributed by atoms with van der Waals surface area (Å²) in [4.78, 5) is 10.5. The van der Waals surface area contributed by atoms with Crippen molar-refractivity contribution < 1.29 is 14.3 Å². The largest absolute Gasteiger partial charge is 0.460 e. The molecule has 0 bridgehead atoms. The van der Waals surface area contributed by atoms with E-state index in [2.05, 4.69) is 0 Å². The summed E-state index contributed by atoms with van der Waals surface area (Å²) in [6, 6.07) is 0. The summed E-state index contributed by atoms with van der Waals surface area (Å²) in [5.41, 5.74) is 0. The van der Waals surface area contributed by atoms with Gasteiger partial charge in [-0.25, -0.2) is 0 Å². The fraction of sp³-hybridized carbons (Fsp3) is 0.875. The smallest absolute Gasteiger partial charge is 0.302 e. The van der Waals surface area contributed by atoms with Gasteiger partial charge >= 0.3 is 5.97 Å². The lowest BCUT2D eigenvalue weighted by Gasteiger charge is -2.19. The van der Waals surface area contributed by atoms with Crippen LogP contribution in [-0.4, -0.2) is 24.8 Å². The minimum absolute atomic E-state index is 0.0242. The zero-order valence-corrected chi connectivity index (χ0v) is 7.59. The Morgan fingerprint density at radius 2 is 1.91 bits per heavy atom. The van der Waals surface area contributed by atoms with Gasteiger partial charge in [0.05, 0.1) is 6.10 Å². The molecule has 11 heavy (non-hydrogen) atoms. The van der Waals surface area contributed by atoms with Crippen LogP contribution in [0.4, 0.5) is 0 Å². The second-order valence-corrected chi connectivity index (χ2v) is 2.48. The molecule has 3 heteroatoms. The third kappa shape index (κ3) is 4.79. The summed E-state index contributed by atoms with van der Waals surface area (Å²) in [5, 5.41) is 0. The molecule has 0 amide bonds. The van der Waals surface area contributed by atoms with E-state index in [1.807, 2.05) is 20.8 Å². The maximum atomic E-state index is 10.5. The maximum absolute atomic E-state index is 10.5. The highest BCUT2D eigenvalue weighted by Crippen LogP contribution is 2.02. The Labute approximate surface area is 67.7 Å². The van der Waals surface area contributed by atoms with Crippen LogP contribution in [0.1, 0.15) is 27.7 Å². The van der Waals surface area contributed by atoms with Crippen LogP contribution in [-0.2, 0) is 14.3 Å². The van der Waals surface area contributed by atoms with Crippen molar-refractivity contribution in [1.82, 2.24) is 0 Å². The third-order valence-electron chi connectivity index (χ3n) is 1.44. The van der Waals surface area contributed by atoms with Crippen molar-refractivity contribution in [2.45, 2.75) is 39.9 Å². The fourth-order valence-corrected chi connectivity index (χ4v) is 0.756. The maximum Gasteiger partial charge on any atom is 0.302 e. The topological polar surface area (TPSA) is 35.5 Å². The van der Waals surface area contributed by atoms with E-state index in [1.54, 1.807) is 0 Å². The molecular weight excluding hydrogens is 144 g/mol. The summed E-state index contributed by atoms with van der Waals surface area (Å²) < 4.78 is 10.1. The van der Waals surface area contributed by atoms with Crippen LogP contribution < -0.4 is 0 Å². The van der Waals surface area contributed by atoms with Gasteiger partial charge in [0, 0.05) is 13.5 Å². The molecular formula is C8H16O3. The standard InChI is InChI=1S/C8H16O3/c1-5-10-6(2)7(3)11-8(4)9/h6-7H,5H2,1-4H3. The molecule has 0 aromatic heterocycles. The first kappa shape index (κ1) is 10.4. The van der Waals surface area contributed by atoms with Crippen LogP contribution in [0.2, 0.25) is 0 Å². The van der Waals surface area contributed by atoms with Crippen LogP contribution in [0.5, 0.6) is 0 Å². The average Bonchev–Trinajstić information content (AvgIpc) is 1.86. The molecule has 0 saturated heterocycles. The second-order valence-electron chi connectivity index (χ2n) is 2.48. The zero-order chi connectivity index (χ0) is 8.85. The van der Waals surface area contributed by atoms with Crippen molar-refractivity contribution in [1.29, 1.82) is 0 Å². The molecule has 2 atom stereocenters. The molecule has 0 fully saturated rings. The Hall–Kier alpha value is -0.570. The monoisotopic (exact) mass is 160 g/mol. The lowest BCUT2D eigenvalue weighted by molar-refractivity contribution is -0.152. The van der Waals surface area contributed by atoms with Gasteiger partial charge in [-0.3, -0.25) is 4.79 Å². The van der Waals surface area contributed by atoms with Gasteiger partial charge in [-0.05, 0) is 20.8 Å². The molecule has 3 nitrogen and oxygen atoms in total. The first-order valence-electron chi connectivity index (χ1n) is 3.86. The lowest BCUT2D eigenvalue weighted by atomic mass is 10.2. The van der Waals surface area contributed by atoms with Gasteiger partial charge in [-0.2, -0.15) is 0 Å². The van der Waals surface area contributed by atoms with Gasteiger partial charge in [0.1, 0.15) is 6.10 Å². The molecule has 0 aromatic rings. The van der Waals surface area contributed by atoms with Crippen molar-refractivity contribution >= 4 is 5.97 Å². The number of carbonyl (C=O) groups is 1. The summed E-state index contributed by atoms with van der Waals surface area (Å²) >= 11 is 0. The van der Waals surface area contributed by atoms with E-state index >= 15 is 0 Å². The molecule has 0 aromatic carbocycles. The van der Waals surface area contributed by atoms with Gasteiger partial charge < -0.3 is 9.47 Å². The van der Waals surface area contributed by atoms with E-state index in [0.717, 1.165) is 0 Å². The summed E-state index contributed by atoms with van der Waals surface area (Å²) in [7, 11) is 0. The van der Waals surface area contributed by atoms with Crippen molar-refractivity contribution in [2.75, 3.05) is 6.61 Å². The minimum atomic E-state index is -0.260. The molecule has 66 valence electrons. The summed E-state index contributed by atoms with van der Waals surface area (Å²) in [6.45, 7) is 7.66. The van der Waals surface area contributed by atoms with Gasteiger partial charge in [-0.15, -0.1) is 0 Å². The molecule has 0 spiro atoms. The van der Waals surface area contributed by atoms with Crippen LogP contribution in [0.15, 0.2) is 0 Å². The van der Waals surface area contributed by atoms with E-state index in [4.69, 9.17) is 9.47 Å². The Bertz CT molecular complexity index is 123. The molecule has 0 aliphatic carbocycles. The first-order valence-corrected chi connectivity index (χ1v) is 3.86. The molecule has 2 unspecified atom stereocenters. The second kappa shape index (κ2) is 5.13. The Morgan fingerprint density at radius 1 is 1.36 bits per heavy atom. The SMILES string of the molecule is CCOC(C)C(C)OC(C)=O. The van der Waals surface area contributed by atoms with E-state index in [9.17, 15) is 4.79 Å². The summed E-state index contributed by atoms with van der Waals surface area (Å²) in [6.07, 6.45) is -0.184. The minimum Gasteiger partial charge on any atom is -0.460 e. The van der Waals surface area contributed by atoms with E-state index in [1.165, 1.54) is 6.92 Å². The number of rotatable bonds is 4. The van der Waals surface area contributed by atoms with Crippen LogP contribution in [0.25, 0.3) is 0 Å². The predicted molar refractivity (Wildman–Crippen MR) is 42.3 cm³/mol. The van der Waals surface area contributed by atoms with Crippen LogP contribution in [0.3, 0.4) is 0 Å². The zero-order valence-electron chi connectivity index (χ0n) is 7.59. The normalized spacial score (nSPS) is 15.6. The Morgan fingerprint density at radius 3 is 2.27 bits per heavy atom. The Balaban J connectivity index is 3.63. The first-order chi connectivity index (χ1) is 5.07. The van der Waals surface area contributed by atoms with Crippen molar-refractivity contribution in [3.05, 3.63) is 0 Å². The van der Waals surface area contributed by atoms with Gasteiger partial charge in [0.25, 0.3) is 0 Å². The molecule has 0 rings (SSSR count). The average molecular weight is 160 g/mol. The van der Waals surface area contributed by atoms with Crippen molar-refractivity contribution in [3.63, 3.8) is 0 Å². The Kier molecular flexibility index (Phi) is 4.86. The summed E-state index contributed by atoms with van der Waals surface area (Å²) in [5.74, 6) is -0.260. The van der Waals surface area contributed by atoms with E-state index in [-0.39, 0.29) is 18.2 Å². The quantitative estimate of drug-likeness (QED) is 0.582. The number of hydrogen-bond acceptors (Lipinski definition) is 3. The van der Waals surface area contributed by atoms with Gasteiger partial charge in [-0.1, -0.05) is 0 Å². The lowest BCUT2D eigenvalue weighted by Crippen LogP contribution is -2.27. The number of esters is 1. The van der Waals surface area contributed by atoms with Crippen molar-refractivity contribution in [3.8, 4) is 0 Å². The number of ether oxygens (including phenoxy) is 2. The molecule has 0 aliphatic heterocycles. The van der Waals surface area contributed by atoms with Gasteiger partial charge in [0.15, 0.2) is 0 Å².